The molecule has 166 valence electrons. The molecule has 0 saturated heterocycles. The molecule has 2 amide bonds. The van der Waals surface area contributed by atoms with E-state index in [-0.39, 0.29) is 18.4 Å². The van der Waals surface area contributed by atoms with Crippen LogP contribution in [-0.2, 0) is 16.0 Å². The fourth-order valence-corrected chi connectivity index (χ4v) is 3.94. The average Bonchev–Trinajstić information content (AvgIpc) is 2.76. The first-order valence-corrected chi connectivity index (χ1v) is 11.1. The predicted molar refractivity (Wildman–Crippen MR) is 122 cm³/mol. The summed E-state index contributed by atoms with van der Waals surface area (Å²) in [6.45, 7) is 5.29. The van der Waals surface area contributed by atoms with Crippen LogP contribution in [0.2, 0.25) is 0 Å². The summed E-state index contributed by atoms with van der Waals surface area (Å²) < 4.78 is 17.4. The Morgan fingerprint density at radius 3 is 2.35 bits per heavy atom. The first-order chi connectivity index (χ1) is 15.0. The molecule has 0 fully saturated rings. The predicted octanol–water partition coefficient (Wildman–Crippen LogP) is 4.94. The number of anilines is 1. The summed E-state index contributed by atoms with van der Waals surface area (Å²) in [5.74, 6) is 0.895. The first kappa shape index (κ1) is 22.9. The Bertz CT molecular complexity index is 932. The van der Waals surface area contributed by atoms with Gasteiger partial charge in [-0.05, 0) is 67.8 Å². The number of rotatable bonds is 7. The van der Waals surface area contributed by atoms with E-state index in [9.17, 15) is 9.59 Å². The number of nitrogens with zero attached hydrogens (tertiary/aromatic N) is 1. The van der Waals surface area contributed by atoms with Gasteiger partial charge in [0, 0.05) is 16.7 Å². The van der Waals surface area contributed by atoms with Crippen LogP contribution in [0.25, 0.3) is 0 Å². The van der Waals surface area contributed by atoms with Gasteiger partial charge >= 0.3 is 12.0 Å². The van der Waals surface area contributed by atoms with Crippen molar-refractivity contribution in [3.63, 3.8) is 0 Å². The van der Waals surface area contributed by atoms with Crippen molar-refractivity contribution in [1.82, 2.24) is 4.90 Å². The van der Waals surface area contributed by atoms with Crippen LogP contribution in [0.3, 0.4) is 0 Å². The van der Waals surface area contributed by atoms with Crippen molar-refractivity contribution in [2.75, 3.05) is 32.2 Å². The highest BCUT2D eigenvalue weighted by atomic mass is 79.9. The van der Waals surface area contributed by atoms with Crippen molar-refractivity contribution in [2.24, 2.45) is 0 Å². The number of urea groups is 1. The van der Waals surface area contributed by atoms with Crippen molar-refractivity contribution >= 4 is 33.6 Å². The zero-order valence-electron chi connectivity index (χ0n) is 17.9. The molecule has 0 unspecified atom stereocenters. The van der Waals surface area contributed by atoms with Crippen molar-refractivity contribution in [2.45, 2.75) is 32.7 Å². The number of esters is 1. The summed E-state index contributed by atoms with van der Waals surface area (Å²) in [6.07, 6.45) is 0.698. The normalized spacial score (nSPS) is 15.1. The van der Waals surface area contributed by atoms with E-state index in [1.54, 1.807) is 4.90 Å². The van der Waals surface area contributed by atoms with Crippen LogP contribution in [0.15, 0.2) is 40.9 Å². The lowest BCUT2D eigenvalue weighted by atomic mass is 9.90. The highest BCUT2D eigenvalue weighted by Gasteiger charge is 2.34. The minimum Gasteiger partial charge on any atom is -0.490 e. The van der Waals surface area contributed by atoms with E-state index in [4.69, 9.17) is 14.2 Å². The molecule has 1 atom stereocenters. The molecule has 3 rings (SSSR count). The summed E-state index contributed by atoms with van der Waals surface area (Å²) in [6, 6.07) is 10.4. The lowest BCUT2D eigenvalue weighted by molar-refractivity contribution is -0.141. The van der Waals surface area contributed by atoms with Gasteiger partial charge < -0.3 is 24.4 Å². The monoisotopic (exact) mass is 490 g/mol. The molecule has 0 saturated carbocycles. The van der Waals surface area contributed by atoms with Gasteiger partial charge in [0.05, 0.1) is 32.8 Å². The molecule has 2 aromatic rings. The largest absolute Gasteiger partial charge is 0.490 e. The third-order valence-electron chi connectivity index (χ3n) is 5.11. The fraction of sp³-hybridized carbons (Fsp3) is 0.391. The first-order valence-electron chi connectivity index (χ1n) is 10.3. The minimum absolute atomic E-state index is 0.0524. The summed E-state index contributed by atoms with van der Waals surface area (Å²) in [5.41, 5.74) is 2.58. The number of carbonyl (C=O) groups excluding carboxylic acids is 2. The number of carbonyl (C=O) groups is 2. The maximum absolute atomic E-state index is 13.1. The van der Waals surface area contributed by atoms with Crippen LogP contribution in [-0.4, -0.2) is 43.8 Å². The second-order valence-electron chi connectivity index (χ2n) is 7.04. The van der Waals surface area contributed by atoms with Crippen molar-refractivity contribution < 1.29 is 23.8 Å². The van der Waals surface area contributed by atoms with Crippen LogP contribution in [0.1, 0.15) is 37.4 Å². The van der Waals surface area contributed by atoms with Crippen LogP contribution < -0.4 is 14.8 Å². The summed E-state index contributed by atoms with van der Waals surface area (Å²) >= 11 is 3.39. The molecule has 1 aliphatic rings. The number of ether oxygens (including phenoxy) is 3. The second-order valence-corrected chi connectivity index (χ2v) is 7.96. The van der Waals surface area contributed by atoms with Gasteiger partial charge in [-0.1, -0.05) is 15.9 Å². The topological polar surface area (TPSA) is 77.1 Å². The van der Waals surface area contributed by atoms with Crippen LogP contribution in [0, 0.1) is 0 Å². The quantitative estimate of drug-likeness (QED) is 0.556. The molecular weight excluding hydrogens is 464 g/mol. The minimum atomic E-state index is -0.471. The molecule has 0 aliphatic carbocycles. The van der Waals surface area contributed by atoms with Gasteiger partial charge in [-0.25, -0.2) is 4.79 Å². The van der Waals surface area contributed by atoms with Gasteiger partial charge in [-0.15, -0.1) is 0 Å². The maximum atomic E-state index is 13.1. The lowest BCUT2D eigenvalue weighted by Crippen LogP contribution is -2.43. The SMILES string of the molecule is CCOc1cc2c(cc1OCC)[C@H](CC(=O)OC)N(C(=O)Nc1ccc(Br)cc1)CC2. The standard InChI is InChI=1S/C23H27BrN2O5/c1-4-30-20-12-15-10-11-26(23(28)25-17-8-6-16(24)7-9-17)19(14-22(27)29-3)18(15)13-21(20)31-5-2/h6-9,12-13,19H,4-5,10-11,14H2,1-3H3,(H,25,28)/t19-/m0/s1. The number of benzene rings is 2. The number of fused-ring (bicyclic) bond motifs is 1. The zero-order chi connectivity index (χ0) is 22.4. The molecule has 7 nitrogen and oxygen atoms in total. The van der Waals surface area contributed by atoms with E-state index in [2.05, 4.69) is 21.2 Å². The molecule has 1 heterocycles. The van der Waals surface area contributed by atoms with E-state index in [0.717, 1.165) is 15.6 Å². The molecule has 31 heavy (non-hydrogen) atoms. The van der Waals surface area contributed by atoms with E-state index >= 15 is 0 Å². The van der Waals surface area contributed by atoms with Gasteiger partial charge in [0.1, 0.15) is 0 Å². The third-order valence-corrected chi connectivity index (χ3v) is 5.64. The van der Waals surface area contributed by atoms with Gasteiger partial charge in [-0.3, -0.25) is 4.79 Å². The number of amides is 2. The van der Waals surface area contributed by atoms with Gasteiger partial charge in [0.25, 0.3) is 0 Å². The Labute approximate surface area is 190 Å². The summed E-state index contributed by atoms with van der Waals surface area (Å²) in [7, 11) is 1.35. The van der Waals surface area contributed by atoms with Crippen molar-refractivity contribution in [1.29, 1.82) is 0 Å². The van der Waals surface area contributed by atoms with Gasteiger partial charge in [0.15, 0.2) is 11.5 Å². The smallest absolute Gasteiger partial charge is 0.322 e. The van der Waals surface area contributed by atoms with E-state index in [0.29, 0.717) is 43.4 Å². The number of hydrogen-bond donors (Lipinski definition) is 1. The van der Waals surface area contributed by atoms with Crippen molar-refractivity contribution in [3.05, 3.63) is 52.0 Å². The third kappa shape index (κ3) is 5.50. The van der Waals surface area contributed by atoms with E-state index in [1.165, 1.54) is 7.11 Å². The second kappa shape index (κ2) is 10.5. The number of hydrogen-bond acceptors (Lipinski definition) is 5. The molecule has 1 aliphatic heterocycles. The molecular formula is C23H27BrN2O5. The van der Waals surface area contributed by atoms with Gasteiger partial charge in [-0.2, -0.15) is 0 Å². The van der Waals surface area contributed by atoms with Crippen molar-refractivity contribution in [3.8, 4) is 11.5 Å². The summed E-state index contributed by atoms with van der Waals surface area (Å²) in [5, 5.41) is 2.92. The Balaban J connectivity index is 1.94. The Morgan fingerprint density at radius 1 is 1.10 bits per heavy atom. The lowest BCUT2D eigenvalue weighted by Gasteiger charge is -2.37. The van der Waals surface area contributed by atoms with E-state index < -0.39 is 6.04 Å². The van der Waals surface area contributed by atoms with Gasteiger partial charge in [0.2, 0.25) is 0 Å². The molecule has 2 aromatic carbocycles. The molecule has 0 bridgehead atoms. The molecule has 0 aromatic heterocycles. The number of halogens is 1. The maximum Gasteiger partial charge on any atom is 0.322 e. The fourth-order valence-electron chi connectivity index (χ4n) is 3.68. The molecule has 0 spiro atoms. The number of methoxy groups -OCH3 is 1. The Kier molecular flexibility index (Phi) is 7.79. The summed E-state index contributed by atoms with van der Waals surface area (Å²) in [4.78, 5) is 27.0. The molecule has 8 heteroatoms. The molecule has 0 radical (unpaired) electrons. The molecule has 1 N–H and O–H groups in total. The highest BCUT2D eigenvalue weighted by Crippen LogP contribution is 2.40. The Hall–Kier alpha value is -2.74. The number of nitrogens with one attached hydrogen (secondary N) is 1. The van der Waals surface area contributed by atoms with Crippen LogP contribution in [0.5, 0.6) is 11.5 Å². The Morgan fingerprint density at radius 2 is 1.74 bits per heavy atom. The van der Waals surface area contributed by atoms with E-state index in [1.807, 2.05) is 50.2 Å². The average molecular weight is 491 g/mol. The van der Waals surface area contributed by atoms with Crippen LogP contribution in [0.4, 0.5) is 10.5 Å². The zero-order valence-corrected chi connectivity index (χ0v) is 19.5. The highest BCUT2D eigenvalue weighted by molar-refractivity contribution is 9.10. The van der Waals surface area contributed by atoms with Crippen LogP contribution >= 0.6 is 15.9 Å².